The van der Waals surface area contributed by atoms with Crippen molar-refractivity contribution in [3.8, 4) is 23.0 Å². The molecule has 0 N–H and O–H groups in total. The number of hydrogen-bond acceptors (Lipinski definition) is 5. The molecule has 0 aliphatic rings. The lowest BCUT2D eigenvalue weighted by Crippen LogP contribution is -2.17. The molecule has 0 bridgehead atoms. The Hall–Kier alpha value is -3.16. The van der Waals surface area contributed by atoms with Gasteiger partial charge >= 0.3 is 6.36 Å². The number of ether oxygens (including phenoxy) is 4. The Morgan fingerprint density at radius 2 is 1.63 bits per heavy atom. The molecule has 1 aromatic heterocycles. The fourth-order valence-electron chi connectivity index (χ4n) is 2.46. The van der Waals surface area contributed by atoms with Crippen LogP contribution in [0, 0.1) is 0 Å². The minimum atomic E-state index is -4.79. The van der Waals surface area contributed by atoms with Gasteiger partial charge in [0.15, 0.2) is 5.75 Å². The van der Waals surface area contributed by atoms with Crippen molar-refractivity contribution in [1.82, 2.24) is 4.98 Å². The van der Waals surface area contributed by atoms with Crippen LogP contribution in [0.25, 0.3) is 10.9 Å². The molecule has 0 saturated heterocycles. The van der Waals surface area contributed by atoms with E-state index in [1.54, 1.807) is 43.5 Å². The topological polar surface area (TPSA) is 49.8 Å². The Morgan fingerprint density at radius 1 is 0.889 bits per heavy atom. The zero-order valence-corrected chi connectivity index (χ0v) is 14.3. The van der Waals surface area contributed by atoms with Crippen molar-refractivity contribution >= 4 is 10.9 Å². The summed E-state index contributed by atoms with van der Waals surface area (Å²) < 4.78 is 57.9. The highest BCUT2D eigenvalue weighted by atomic mass is 19.4. The van der Waals surface area contributed by atoms with Crippen molar-refractivity contribution in [2.75, 3.05) is 20.3 Å². The molecule has 27 heavy (non-hydrogen) atoms. The van der Waals surface area contributed by atoms with E-state index in [2.05, 4.69) is 9.72 Å². The van der Waals surface area contributed by atoms with Gasteiger partial charge in [0.05, 0.1) is 7.11 Å². The average Bonchev–Trinajstić information content (AvgIpc) is 2.65. The van der Waals surface area contributed by atoms with Crippen molar-refractivity contribution in [3.63, 3.8) is 0 Å². The maximum atomic E-state index is 12.5. The minimum absolute atomic E-state index is 0.0704. The number of benzene rings is 2. The molecule has 0 fully saturated rings. The molecule has 0 radical (unpaired) electrons. The number of alkyl halides is 3. The first kappa shape index (κ1) is 18.6. The van der Waals surface area contributed by atoms with E-state index in [-0.39, 0.29) is 24.5 Å². The van der Waals surface area contributed by atoms with Gasteiger partial charge in [-0.3, -0.25) is 4.98 Å². The van der Waals surface area contributed by atoms with Crippen molar-refractivity contribution in [3.05, 3.63) is 54.7 Å². The molecular formula is C19H16F3NO4. The van der Waals surface area contributed by atoms with Gasteiger partial charge in [0.1, 0.15) is 36.0 Å². The van der Waals surface area contributed by atoms with Crippen LogP contribution in [0.4, 0.5) is 13.2 Å². The number of aromatic nitrogens is 1. The number of halogens is 3. The number of para-hydroxylation sites is 1. The van der Waals surface area contributed by atoms with E-state index >= 15 is 0 Å². The van der Waals surface area contributed by atoms with Gasteiger partial charge in [-0.15, -0.1) is 13.2 Å². The van der Waals surface area contributed by atoms with Crippen LogP contribution < -0.4 is 18.9 Å². The number of pyridine rings is 1. The van der Waals surface area contributed by atoms with E-state index in [0.29, 0.717) is 22.6 Å². The summed E-state index contributed by atoms with van der Waals surface area (Å²) in [6.07, 6.45) is -3.43. The zero-order valence-electron chi connectivity index (χ0n) is 14.3. The van der Waals surface area contributed by atoms with E-state index in [1.807, 2.05) is 0 Å². The molecule has 1 heterocycles. The maximum Gasteiger partial charge on any atom is 0.573 e. The van der Waals surface area contributed by atoms with Gasteiger partial charge in [-0.1, -0.05) is 12.1 Å². The molecular weight excluding hydrogens is 363 g/mol. The summed E-state index contributed by atoms with van der Waals surface area (Å²) in [6.45, 7) is 0.441. The van der Waals surface area contributed by atoms with Gasteiger partial charge in [0.25, 0.3) is 0 Å². The third-order valence-electron chi connectivity index (χ3n) is 3.57. The second kappa shape index (κ2) is 8.03. The lowest BCUT2D eigenvalue weighted by Gasteiger charge is -2.13. The Labute approximate surface area is 153 Å². The lowest BCUT2D eigenvalue weighted by molar-refractivity contribution is -0.274. The van der Waals surface area contributed by atoms with Crippen LogP contribution in [0.3, 0.4) is 0 Å². The third-order valence-corrected chi connectivity index (χ3v) is 3.57. The van der Waals surface area contributed by atoms with Crippen molar-refractivity contribution in [2.45, 2.75) is 6.36 Å². The molecule has 0 aliphatic carbocycles. The monoisotopic (exact) mass is 379 g/mol. The van der Waals surface area contributed by atoms with Crippen molar-refractivity contribution in [1.29, 1.82) is 0 Å². The highest BCUT2D eigenvalue weighted by molar-refractivity contribution is 5.89. The van der Waals surface area contributed by atoms with Crippen LogP contribution in [0.5, 0.6) is 23.0 Å². The predicted octanol–water partition coefficient (Wildman–Crippen LogP) is 4.60. The van der Waals surface area contributed by atoms with E-state index in [9.17, 15) is 13.2 Å². The van der Waals surface area contributed by atoms with E-state index in [1.165, 1.54) is 18.3 Å². The lowest BCUT2D eigenvalue weighted by atomic mass is 10.2. The molecule has 0 amide bonds. The molecule has 5 nitrogen and oxygen atoms in total. The summed E-state index contributed by atoms with van der Waals surface area (Å²) in [4.78, 5) is 3.97. The molecule has 8 heteroatoms. The molecule has 0 atom stereocenters. The van der Waals surface area contributed by atoms with E-state index < -0.39 is 6.36 Å². The first-order chi connectivity index (χ1) is 13.0. The van der Waals surface area contributed by atoms with Gasteiger partial charge in [-0.25, -0.2) is 0 Å². The molecule has 0 unspecified atom stereocenters. The minimum Gasteiger partial charge on any atom is -0.497 e. The Morgan fingerprint density at radius 3 is 2.41 bits per heavy atom. The molecule has 0 saturated carbocycles. The van der Waals surface area contributed by atoms with Crippen LogP contribution in [-0.4, -0.2) is 31.7 Å². The van der Waals surface area contributed by atoms with E-state index in [0.717, 1.165) is 0 Å². The summed E-state index contributed by atoms with van der Waals surface area (Å²) in [5.41, 5.74) is 0.0704. The maximum absolute atomic E-state index is 12.5. The van der Waals surface area contributed by atoms with Gasteiger partial charge in [0.2, 0.25) is 0 Å². The second-order valence-corrected chi connectivity index (χ2v) is 5.39. The Bertz CT molecular complexity index is 915. The van der Waals surface area contributed by atoms with Crippen LogP contribution in [0.2, 0.25) is 0 Å². The summed E-state index contributed by atoms with van der Waals surface area (Å²) in [5, 5.41) is 0.417. The number of methoxy groups -OCH3 is 1. The molecule has 2 aromatic carbocycles. The number of fused-ring (bicyclic) bond motifs is 1. The molecule has 3 rings (SSSR count). The highest BCUT2D eigenvalue weighted by Crippen LogP contribution is 2.33. The van der Waals surface area contributed by atoms with Crippen LogP contribution in [-0.2, 0) is 0 Å². The normalized spacial score (nSPS) is 11.3. The number of rotatable bonds is 7. The van der Waals surface area contributed by atoms with Crippen LogP contribution in [0.1, 0.15) is 0 Å². The van der Waals surface area contributed by atoms with Crippen LogP contribution >= 0.6 is 0 Å². The molecule has 3 aromatic rings. The smallest absolute Gasteiger partial charge is 0.497 e. The van der Waals surface area contributed by atoms with Gasteiger partial charge in [-0.2, -0.15) is 0 Å². The Kier molecular flexibility index (Phi) is 5.54. The SMILES string of the molecule is COc1cccc(OCCOc2ccnc3c(OC(F)(F)F)cccc23)c1. The molecule has 0 aliphatic heterocycles. The van der Waals surface area contributed by atoms with Crippen molar-refractivity contribution < 1.29 is 32.1 Å². The van der Waals surface area contributed by atoms with Crippen LogP contribution in [0.15, 0.2) is 54.7 Å². The number of hydrogen-bond donors (Lipinski definition) is 0. The van der Waals surface area contributed by atoms with Gasteiger partial charge in [0, 0.05) is 17.6 Å². The standard InChI is InChI=1S/C19H16F3NO4/c1-24-13-4-2-5-14(12-13)25-10-11-26-16-8-9-23-18-15(16)6-3-7-17(18)27-19(20,21)22/h2-9,12H,10-11H2,1H3. The fraction of sp³-hybridized carbons (Fsp3) is 0.211. The fourth-order valence-corrected chi connectivity index (χ4v) is 2.46. The van der Waals surface area contributed by atoms with Crippen molar-refractivity contribution in [2.24, 2.45) is 0 Å². The predicted molar refractivity (Wildman–Crippen MR) is 92.4 cm³/mol. The summed E-state index contributed by atoms with van der Waals surface area (Å²) in [7, 11) is 1.56. The Balaban J connectivity index is 1.67. The average molecular weight is 379 g/mol. The second-order valence-electron chi connectivity index (χ2n) is 5.39. The third kappa shape index (κ3) is 4.93. The molecule has 0 spiro atoms. The number of nitrogens with zero attached hydrogens (tertiary/aromatic N) is 1. The van der Waals surface area contributed by atoms with Gasteiger partial charge < -0.3 is 18.9 Å². The highest BCUT2D eigenvalue weighted by Gasteiger charge is 2.32. The molecule has 142 valence electrons. The van der Waals surface area contributed by atoms with Gasteiger partial charge in [-0.05, 0) is 30.3 Å². The quantitative estimate of drug-likeness (QED) is 0.562. The largest absolute Gasteiger partial charge is 0.573 e. The first-order valence-corrected chi connectivity index (χ1v) is 7.99. The summed E-state index contributed by atoms with van der Waals surface area (Å²) in [5.74, 6) is 1.31. The summed E-state index contributed by atoms with van der Waals surface area (Å²) >= 11 is 0. The zero-order chi connectivity index (χ0) is 19.3. The first-order valence-electron chi connectivity index (χ1n) is 7.99. The van der Waals surface area contributed by atoms with E-state index in [4.69, 9.17) is 14.2 Å². The summed E-state index contributed by atoms with van der Waals surface area (Å²) in [6, 6.07) is 13.0.